The van der Waals surface area contributed by atoms with Crippen LogP contribution in [0.5, 0.6) is 0 Å². The van der Waals surface area contributed by atoms with Crippen LogP contribution < -0.4 is 5.32 Å². The fourth-order valence-electron chi connectivity index (χ4n) is 2.71. The van der Waals surface area contributed by atoms with E-state index in [9.17, 15) is 0 Å². The third kappa shape index (κ3) is 4.31. The first-order valence-electron chi connectivity index (χ1n) is 8.34. The van der Waals surface area contributed by atoms with E-state index in [1.807, 2.05) is 41.1 Å². The molecule has 0 unspecified atom stereocenters. The van der Waals surface area contributed by atoms with Crippen LogP contribution >= 0.6 is 0 Å². The highest BCUT2D eigenvalue weighted by atomic mass is 16.3. The molecule has 0 radical (unpaired) electrons. The first-order valence-corrected chi connectivity index (χ1v) is 8.34. The van der Waals surface area contributed by atoms with Crippen LogP contribution in [-0.4, -0.2) is 28.0 Å². The molecule has 1 heterocycles. The summed E-state index contributed by atoms with van der Waals surface area (Å²) in [5, 5.41) is 17.1. The first-order chi connectivity index (χ1) is 11.9. The Morgan fingerprint density at radius 2 is 1.67 bits per heavy atom. The number of aliphatic hydroxyl groups excluding tert-OH is 1. The maximum atomic E-state index is 8.91. The molecule has 3 rings (SSSR count). The van der Waals surface area contributed by atoms with Crippen LogP contribution in [0.3, 0.4) is 0 Å². The summed E-state index contributed by atoms with van der Waals surface area (Å²) in [6.45, 7) is 2.52. The molecule has 0 amide bonds. The predicted molar refractivity (Wildman–Crippen MR) is 96.6 cm³/mol. The van der Waals surface area contributed by atoms with E-state index in [2.05, 4.69) is 35.8 Å². The molecule has 2 N–H and O–H groups in total. The van der Waals surface area contributed by atoms with Gasteiger partial charge in [-0.25, -0.2) is 0 Å². The van der Waals surface area contributed by atoms with Gasteiger partial charge < -0.3 is 10.4 Å². The van der Waals surface area contributed by atoms with E-state index in [-0.39, 0.29) is 6.61 Å². The fraction of sp³-hybridized carbons (Fsp3) is 0.250. The van der Waals surface area contributed by atoms with Crippen LogP contribution in [0, 0.1) is 0 Å². The van der Waals surface area contributed by atoms with Gasteiger partial charge in [0.05, 0.1) is 12.2 Å². The van der Waals surface area contributed by atoms with Gasteiger partial charge in [-0.05, 0) is 18.5 Å². The Labute approximate surface area is 142 Å². The smallest absolute Gasteiger partial charge is 0.0968 e. The largest absolute Gasteiger partial charge is 0.396 e. The molecule has 24 heavy (non-hydrogen) atoms. The van der Waals surface area contributed by atoms with E-state index in [1.165, 1.54) is 11.1 Å². The van der Waals surface area contributed by atoms with Crippen LogP contribution in [0.25, 0.3) is 11.3 Å². The Kier molecular flexibility index (Phi) is 5.77. The van der Waals surface area contributed by atoms with Crippen molar-refractivity contribution in [1.29, 1.82) is 0 Å². The highest BCUT2D eigenvalue weighted by molar-refractivity contribution is 5.62. The average molecular weight is 321 g/mol. The molecule has 4 nitrogen and oxygen atoms in total. The summed E-state index contributed by atoms with van der Waals surface area (Å²) in [5.74, 6) is 0. The maximum absolute atomic E-state index is 8.91. The van der Waals surface area contributed by atoms with E-state index in [1.54, 1.807) is 0 Å². The molecule has 0 aliphatic rings. The van der Waals surface area contributed by atoms with Crippen molar-refractivity contribution in [3.63, 3.8) is 0 Å². The summed E-state index contributed by atoms with van der Waals surface area (Å²) in [6.07, 6.45) is 2.88. The van der Waals surface area contributed by atoms with Crippen LogP contribution in [-0.2, 0) is 13.1 Å². The molecule has 3 aromatic rings. The van der Waals surface area contributed by atoms with Crippen molar-refractivity contribution in [2.75, 3.05) is 13.2 Å². The number of hydrogen-bond acceptors (Lipinski definition) is 3. The molecule has 124 valence electrons. The second-order valence-corrected chi connectivity index (χ2v) is 5.81. The van der Waals surface area contributed by atoms with Gasteiger partial charge in [-0.15, -0.1) is 0 Å². The third-order valence-corrected chi connectivity index (χ3v) is 3.90. The fourth-order valence-corrected chi connectivity index (χ4v) is 2.71. The van der Waals surface area contributed by atoms with Crippen molar-refractivity contribution in [3.8, 4) is 11.3 Å². The number of nitrogens with one attached hydrogen (secondary N) is 1. The summed E-state index contributed by atoms with van der Waals surface area (Å²) in [6, 6.07) is 20.6. The molecule has 0 atom stereocenters. The average Bonchev–Trinajstić information content (AvgIpc) is 3.03. The summed E-state index contributed by atoms with van der Waals surface area (Å²) in [4.78, 5) is 0. The minimum absolute atomic E-state index is 0.214. The lowest BCUT2D eigenvalue weighted by Crippen LogP contribution is -2.15. The molecule has 0 saturated heterocycles. The highest BCUT2D eigenvalue weighted by Gasteiger charge is 2.11. The number of nitrogens with zero attached hydrogens (tertiary/aromatic N) is 2. The Morgan fingerprint density at radius 1 is 0.958 bits per heavy atom. The third-order valence-electron chi connectivity index (χ3n) is 3.90. The molecule has 0 aliphatic heterocycles. The molecule has 0 bridgehead atoms. The molecular weight excluding hydrogens is 298 g/mol. The first kappa shape index (κ1) is 16.4. The zero-order valence-corrected chi connectivity index (χ0v) is 13.7. The topological polar surface area (TPSA) is 50.1 Å². The highest BCUT2D eigenvalue weighted by Crippen LogP contribution is 2.22. The summed E-state index contributed by atoms with van der Waals surface area (Å²) >= 11 is 0. The van der Waals surface area contributed by atoms with Crippen molar-refractivity contribution in [2.24, 2.45) is 0 Å². The van der Waals surface area contributed by atoms with Crippen LogP contribution in [0.4, 0.5) is 0 Å². The van der Waals surface area contributed by atoms with Crippen molar-refractivity contribution >= 4 is 0 Å². The van der Waals surface area contributed by atoms with Gasteiger partial charge in [-0.2, -0.15) is 5.10 Å². The van der Waals surface area contributed by atoms with Crippen molar-refractivity contribution in [3.05, 3.63) is 78.0 Å². The second kappa shape index (κ2) is 8.43. The molecule has 2 aromatic carbocycles. The Morgan fingerprint density at radius 3 is 2.38 bits per heavy atom. The number of benzene rings is 2. The SMILES string of the molecule is OCCCNCc1cn(Cc2ccccc2)nc1-c1ccccc1. The minimum Gasteiger partial charge on any atom is -0.396 e. The number of hydrogen-bond donors (Lipinski definition) is 2. The van der Waals surface area contributed by atoms with Crippen molar-refractivity contribution < 1.29 is 5.11 Å². The lowest BCUT2D eigenvalue weighted by molar-refractivity contribution is 0.286. The summed E-state index contributed by atoms with van der Waals surface area (Å²) in [7, 11) is 0. The van der Waals surface area contributed by atoms with Gasteiger partial charge in [0.25, 0.3) is 0 Å². The van der Waals surface area contributed by atoms with E-state index in [0.29, 0.717) is 0 Å². The Balaban J connectivity index is 1.82. The van der Waals surface area contributed by atoms with Gasteiger partial charge in [0.2, 0.25) is 0 Å². The van der Waals surface area contributed by atoms with Crippen molar-refractivity contribution in [2.45, 2.75) is 19.5 Å². The number of aromatic nitrogens is 2. The summed E-state index contributed by atoms with van der Waals surface area (Å²) < 4.78 is 2.00. The monoisotopic (exact) mass is 321 g/mol. The van der Waals surface area contributed by atoms with Gasteiger partial charge in [-0.1, -0.05) is 60.7 Å². The van der Waals surface area contributed by atoms with Gasteiger partial charge in [0.15, 0.2) is 0 Å². The number of aliphatic hydroxyl groups is 1. The standard InChI is InChI=1S/C20H23N3O/c24-13-7-12-21-14-19-16-23(15-17-8-3-1-4-9-17)22-20(19)18-10-5-2-6-11-18/h1-6,8-11,16,21,24H,7,12-15H2. The van der Waals surface area contributed by atoms with Gasteiger partial charge in [0.1, 0.15) is 0 Å². The summed E-state index contributed by atoms with van der Waals surface area (Å²) in [5.41, 5.74) is 4.56. The second-order valence-electron chi connectivity index (χ2n) is 5.81. The van der Waals surface area contributed by atoms with Crippen molar-refractivity contribution in [1.82, 2.24) is 15.1 Å². The van der Waals surface area contributed by atoms with Crippen LogP contribution in [0.2, 0.25) is 0 Å². The Bertz CT molecular complexity index is 738. The molecule has 0 saturated carbocycles. The van der Waals surface area contributed by atoms with E-state index < -0.39 is 0 Å². The molecule has 0 aliphatic carbocycles. The van der Waals surface area contributed by atoms with Crippen LogP contribution in [0.15, 0.2) is 66.9 Å². The zero-order chi connectivity index (χ0) is 16.6. The zero-order valence-electron chi connectivity index (χ0n) is 13.7. The van der Waals surface area contributed by atoms with E-state index in [0.717, 1.165) is 37.3 Å². The molecule has 4 heteroatoms. The van der Waals surface area contributed by atoms with Crippen LogP contribution in [0.1, 0.15) is 17.5 Å². The lowest BCUT2D eigenvalue weighted by atomic mass is 10.1. The normalized spacial score (nSPS) is 10.9. The quantitative estimate of drug-likeness (QED) is 0.627. The Hall–Kier alpha value is -2.43. The molecule has 0 fully saturated rings. The van der Waals surface area contributed by atoms with Gasteiger partial charge in [0, 0.05) is 30.5 Å². The lowest BCUT2D eigenvalue weighted by Gasteiger charge is -2.04. The van der Waals surface area contributed by atoms with Gasteiger partial charge in [-0.3, -0.25) is 4.68 Å². The molecule has 1 aromatic heterocycles. The van der Waals surface area contributed by atoms with Gasteiger partial charge >= 0.3 is 0 Å². The van der Waals surface area contributed by atoms with E-state index >= 15 is 0 Å². The molecular formula is C20H23N3O. The molecule has 0 spiro atoms. The minimum atomic E-state index is 0.214. The van der Waals surface area contributed by atoms with E-state index in [4.69, 9.17) is 10.2 Å². The maximum Gasteiger partial charge on any atom is 0.0968 e. The number of rotatable bonds is 8. The predicted octanol–water partition coefficient (Wildman–Crippen LogP) is 3.07.